The number of nitrogen functional groups attached to an aromatic ring is 1. The molecule has 12 heavy (non-hydrogen) atoms. The zero-order valence-corrected chi connectivity index (χ0v) is 8.13. The predicted molar refractivity (Wildman–Crippen MR) is 50.8 cm³/mol. The van der Waals surface area contributed by atoms with Crippen molar-refractivity contribution in [2.75, 3.05) is 0 Å². The van der Waals surface area contributed by atoms with E-state index in [0.29, 0.717) is 3.57 Å². The van der Waals surface area contributed by atoms with Gasteiger partial charge in [0.2, 0.25) is 0 Å². The molecule has 0 fully saturated rings. The minimum absolute atomic E-state index is 0.248. The summed E-state index contributed by atoms with van der Waals surface area (Å²) in [6, 6.07) is 3.94. The van der Waals surface area contributed by atoms with Gasteiger partial charge in [-0.1, -0.05) is 0 Å². The molecule has 0 aromatic heterocycles. The first-order valence-corrected chi connectivity index (χ1v) is 4.19. The second kappa shape index (κ2) is 3.81. The first-order valence-electron chi connectivity index (χ1n) is 3.11. The van der Waals surface area contributed by atoms with Gasteiger partial charge in [0.15, 0.2) is 0 Å². The van der Waals surface area contributed by atoms with E-state index in [0.717, 1.165) is 6.07 Å². The van der Waals surface area contributed by atoms with E-state index < -0.39 is 11.7 Å². The molecule has 0 unspecified atom stereocenters. The molecule has 0 bridgehead atoms. The highest BCUT2D eigenvalue weighted by atomic mass is 127. The number of carbonyl (C=O) groups is 1. The lowest BCUT2D eigenvalue weighted by Gasteiger charge is -2.01. The molecular weight excluding hydrogens is 274 g/mol. The molecule has 0 radical (unpaired) electrons. The van der Waals surface area contributed by atoms with Gasteiger partial charge >= 0.3 is 0 Å². The third-order valence-electron chi connectivity index (χ3n) is 1.30. The van der Waals surface area contributed by atoms with Crippen molar-refractivity contribution in [2.24, 2.45) is 5.84 Å². The highest BCUT2D eigenvalue weighted by Crippen LogP contribution is 2.13. The number of nitrogens with one attached hydrogen (secondary N) is 1. The number of hydrogen-bond donors (Lipinski definition) is 2. The van der Waals surface area contributed by atoms with Crippen LogP contribution in [0.15, 0.2) is 18.2 Å². The van der Waals surface area contributed by atoms with Gasteiger partial charge in [0, 0.05) is 3.57 Å². The number of rotatable bonds is 1. The highest BCUT2D eigenvalue weighted by molar-refractivity contribution is 14.1. The van der Waals surface area contributed by atoms with E-state index in [1.165, 1.54) is 12.1 Å². The van der Waals surface area contributed by atoms with Crippen molar-refractivity contribution >= 4 is 28.5 Å². The molecule has 1 rings (SSSR count). The molecule has 0 saturated heterocycles. The topological polar surface area (TPSA) is 55.1 Å². The largest absolute Gasteiger partial charge is 0.290 e. The number of nitrogens with two attached hydrogens (primary N) is 1. The van der Waals surface area contributed by atoms with E-state index in [1.807, 2.05) is 28.0 Å². The number of amides is 1. The van der Waals surface area contributed by atoms with Crippen molar-refractivity contribution in [3.8, 4) is 0 Å². The number of hydrazine groups is 1. The molecule has 5 heteroatoms. The SMILES string of the molecule is NNC(=O)c1cc(F)ccc1I. The van der Waals surface area contributed by atoms with Crippen LogP contribution in [0.3, 0.4) is 0 Å². The zero-order valence-electron chi connectivity index (χ0n) is 5.97. The fourth-order valence-electron chi connectivity index (χ4n) is 0.749. The quantitative estimate of drug-likeness (QED) is 0.349. The van der Waals surface area contributed by atoms with Gasteiger partial charge in [-0.2, -0.15) is 0 Å². The molecule has 64 valence electrons. The maximum Gasteiger partial charge on any atom is 0.266 e. The normalized spacial score (nSPS) is 9.58. The fourth-order valence-corrected chi connectivity index (χ4v) is 1.33. The molecule has 0 aliphatic carbocycles. The second-order valence-corrected chi connectivity index (χ2v) is 3.26. The van der Waals surface area contributed by atoms with Gasteiger partial charge in [-0.15, -0.1) is 0 Å². The van der Waals surface area contributed by atoms with Gasteiger partial charge in [0.05, 0.1) is 5.56 Å². The standard InChI is InChI=1S/C7H6FIN2O/c8-4-1-2-6(9)5(3-4)7(12)11-10/h1-3H,10H2,(H,11,12). The Morgan fingerprint density at radius 2 is 2.25 bits per heavy atom. The first kappa shape index (κ1) is 9.40. The van der Waals surface area contributed by atoms with Crippen LogP contribution in [0.4, 0.5) is 4.39 Å². The lowest BCUT2D eigenvalue weighted by Crippen LogP contribution is -2.30. The van der Waals surface area contributed by atoms with Gasteiger partial charge in [-0.05, 0) is 40.8 Å². The van der Waals surface area contributed by atoms with Crippen molar-refractivity contribution in [1.82, 2.24) is 5.43 Å². The Balaban J connectivity index is 3.13. The maximum atomic E-state index is 12.6. The van der Waals surface area contributed by atoms with Crippen LogP contribution in [0.2, 0.25) is 0 Å². The molecule has 0 heterocycles. The Kier molecular flexibility index (Phi) is 2.99. The van der Waals surface area contributed by atoms with Crippen LogP contribution >= 0.6 is 22.6 Å². The Morgan fingerprint density at radius 3 is 2.83 bits per heavy atom. The summed E-state index contributed by atoms with van der Waals surface area (Å²) in [6.45, 7) is 0. The minimum atomic E-state index is -0.487. The summed E-state index contributed by atoms with van der Waals surface area (Å²) in [6.07, 6.45) is 0. The van der Waals surface area contributed by atoms with E-state index in [-0.39, 0.29) is 5.56 Å². The van der Waals surface area contributed by atoms with Gasteiger partial charge in [0.25, 0.3) is 5.91 Å². The Morgan fingerprint density at radius 1 is 1.58 bits per heavy atom. The van der Waals surface area contributed by atoms with Crippen molar-refractivity contribution in [1.29, 1.82) is 0 Å². The average molecular weight is 280 g/mol. The van der Waals surface area contributed by atoms with E-state index in [1.54, 1.807) is 0 Å². The molecule has 1 aromatic carbocycles. The molecule has 0 saturated carbocycles. The van der Waals surface area contributed by atoms with Crippen LogP contribution in [0.25, 0.3) is 0 Å². The number of carbonyl (C=O) groups excluding carboxylic acids is 1. The fraction of sp³-hybridized carbons (Fsp3) is 0. The highest BCUT2D eigenvalue weighted by Gasteiger charge is 2.08. The summed E-state index contributed by atoms with van der Waals surface area (Å²) < 4.78 is 13.3. The van der Waals surface area contributed by atoms with Crippen LogP contribution in [0.1, 0.15) is 10.4 Å². The molecule has 3 N–H and O–H groups in total. The molecular formula is C7H6FIN2O. The number of hydrogen-bond acceptors (Lipinski definition) is 2. The third kappa shape index (κ3) is 1.92. The Bertz CT molecular complexity index is 316. The molecule has 1 amide bonds. The van der Waals surface area contributed by atoms with E-state index in [9.17, 15) is 9.18 Å². The maximum absolute atomic E-state index is 12.6. The number of halogens is 2. The molecule has 0 spiro atoms. The first-order chi connectivity index (χ1) is 5.65. The third-order valence-corrected chi connectivity index (χ3v) is 2.24. The van der Waals surface area contributed by atoms with Crippen molar-refractivity contribution < 1.29 is 9.18 Å². The van der Waals surface area contributed by atoms with Crippen LogP contribution < -0.4 is 11.3 Å². The van der Waals surface area contributed by atoms with E-state index >= 15 is 0 Å². The van der Waals surface area contributed by atoms with Gasteiger partial charge < -0.3 is 0 Å². The van der Waals surface area contributed by atoms with Gasteiger partial charge in [-0.25, -0.2) is 10.2 Å². The Labute approximate surface area is 82.2 Å². The van der Waals surface area contributed by atoms with Crippen molar-refractivity contribution in [3.05, 3.63) is 33.1 Å². The van der Waals surface area contributed by atoms with E-state index in [4.69, 9.17) is 5.84 Å². The lowest BCUT2D eigenvalue weighted by molar-refractivity contribution is 0.0952. The monoisotopic (exact) mass is 280 g/mol. The second-order valence-electron chi connectivity index (χ2n) is 2.10. The summed E-state index contributed by atoms with van der Waals surface area (Å²) in [4.78, 5) is 11.0. The average Bonchev–Trinajstić information content (AvgIpc) is 2.08. The molecule has 0 aliphatic rings. The van der Waals surface area contributed by atoms with Crippen LogP contribution in [-0.4, -0.2) is 5.91 Å². The van der Waals surface area contributed by atoms with Crippen LogP contribution in [-0.2, 0) is 0 Å². The van der Waals surface area contributed by atoms with Gasteiger partial charge in [0.1, 0.15) is 5.82 Å². The summed E-state index contributed by atoms with van der Waals surface area (Å²) in [7, 11) is 0. The lowest BCUT2D eigenvalue weighted by atomic mass is 10.2. The molecule has 1 aromatic rings. The summed E-state index contributed by atoms with van der Waals surface area (Å²) in [5.41, 5.74) is 2.19. The minimum Gasteiger partial charge on any atom is -0.290 e. The molecule has 3 nitrogen and oxygen atoms in total. The van der Waals surface area contributed by atoms with Crippen molar-refractivity contribution in [2.45, 2.75) is 0 Å². The smallest absolute Gasteiger partial charge is 0.266 e. The summed E-state index contributed by atoms with van der Waals surface area (Å²) in [5, 5.41) is 0. The van der Waals surface area contributed by atoms with Crippen molar-refractivity contribution in [3.63, 3.8) is 0 Å². The molecule has 0 atom stereocenters. The van der Waals surface area contributed by atoms with Crippen LogP contribution in [0, 0.1) is 9.39 Å². The summed E-state index contributed by atoms with van der Waals surface area (Å²) in [5.74, 6) is 3.96. The van der Waals surface area contributed by atoms with Gasteiger partial charge in [-0.3, -0.25) is 10.2 Å². The summed E-state index contributed by atoms with van der Waals surface area (Å²) >= 11 is 1.93. The number of benzene rings is 1. The molecule has 0 aliphatic heterocycles. The van der Waals surface area contributed by atoms with E-state index in [2.05, 4.69) is 0 Å². The van der Waals surface area contributed by atoms with Crippen LogP contribution in [0.5, 0.6) is 0 Å². The Hall–Kier alpha value is -0.690. The predicted octanol–water partition coefficient (Wildman–Crippen LogP) is 1.03. The zero-order chi connectivity index (χ0) is 9.14.